The van der Waals surface area contributed by atoms with E-state index in [1.165, 1.54) is 48.4 Å². The van der Waals surface area contributed by atoms with Crippen molar-refractivity contribution < 1.29 is 4.74 Å². The van der Waals surface area contributed by atoms with Crippen molar-refractivity contribution in [2.75, 3.05) is 30.0 Å². The molecule has 3 rings (SSSR count). The number of anilines is 1. The van der Waals surface area contributed by atoms with Gasteiger partial charge >= 0.3 is 0 Å². The summed E-state index contributed by atoms with van der Waals surface area (Å²) >= 11 is 2.07. The summed E-state index contributed by atoms with van der Waals surface area (Å²) in [5.74, 6) is 4.40. The van der Waals surface area contributed by atoms with Gasteiger partial charge in [0, 0.05) is 18.2 Å². The lowest BCUT2D eigenvalue weighted by molar-refractivity contribution is 0.252. The molecule has 3 heteroatoms. The number of hydrogen-bond acceptors (Lipinski definition) is 3. The number of benzene rings is 1. The van der Waals surface area contributed by atoms with Crippen molar-refractivity contribution in [2.24, 2.45) is 5.92 Å². The van der Waals surface area contributed by atoms with Gasteiger partial charge in [-0.3, -0.25) is 0 Å². The first kappa shape index (κ1) is 12.2. The summed E-state index contributed by atoms with van der Waals surface area (Å²) in [6.07, 6.45) is 5.10. The van der Waals surface area contributed by atoms with Gasteiger partial charge in [-0.25, -0.2) is 0 Å². The number of nitrogens with one attached hydrogen (secondary N) is 1. The number of thioether (sulfide) groups is 1. The minimum Gasteiger partial charge on any atom is -0.493 e. The molecular weight excluding hydrogens is 242 g/mol. The van der Waals surface area contributed by atoms with Crippen LogP contribution in [0.1, 0.15) is 24.8 Å². The van der Waals surface area contributed by atoms with Gasteiger partial charge in [0.25, 0.3) is 0 Å². The van der Waals surface area contributed by atoms with Crippen molar-refractivity contribution >= 4 is 17.4 Å². The minimum absolute atomic E-state index is 0.748. The lowest BCUT2D eigenvalue weighted by Crippen LogP contribution is -2.18. The smallest absolute Gasteiger partial charge is 0.119 e. The maximum absolute atomic E-state index is 5.97. The van der Waals surface area contributed by atoms with Gasteiger partial charge in [0.1, 0.15) is 5.75 Å². The molecule has 0 saturated carbocycles. The van der Waals surface area contributed by atoms with Crippen LogP contribution in [0.4, 0.5) is 5.69 Å². The van der Waals surface area contributed by atoms with Crippen molar-refractivity contribution in [1.29, 1.82) is 0 Å². The molecule has 2 heterocycles. The van der Waals surface area contributed by atoms with E-state index in [4.69, 9.17) is 4.74 Å². The molecule has 0 bridgehead atoms. The fourth-order valence-electron chi connectivity index (χ4n) is 2.69. The second kappa shape index (κ2) is 5.87. The molecule has 1 atom stereocenters. The summed E-state index contributed by atoms with van der Waals surface area (Å²) in [6, 6.07) is 6.49. The summed E-state index contributed by atoms with van der Waals surface area (Å²) in [4.78, 5) is 0. The highest BCUT2D eigenvalue weighted by molar-refractivity contribution is 7.99. The molecule has 2 nitrogen and oxygen atoms in total. The van der Waals surface area contributed by atoms with E-state index in [0.717, 1.165) is 24.8 Å². The molecule has 0 amide bonds. The molecule has 98 valence electrons. The summed E-state index contributed by atoms with van der Waals surface area (Å²) in [7, 11) is 0. The number of rotatable bonds is 3. The first-order valence-electron chi connectivity index (χ1n) is 6.99. The number of fused-ring (bicyclic) bond motifs is 1. The Kier molecular flexibility index (Phi) is 3.99. The second-order valence-corrected chi connectivity index (χ2v) is 6.39. The SMILES string of the molecule is c1cc2c(cc1OCC1CCCSC1)CCCN2. The number of ether oxygens (including phenoxy) is 1. The molecule has 1 aromatic rings. The normalized spacial score (nSPS) is 23.0. The highest BCUT2D eigenvalue weighted by Crippen LogP contribution is 2.28. The van der Waals surface area contributed by atoms with Crippen molar-refractivity contribution in [3.05, 3.63) is 23.8 Å². The highest BCUT2D eigenvalue weighted by atomic mass is 32.2. The van der Waals surface area contributed by atoms with Gasteiger partial charge in [-0.2, -0.15) is 11.8 Å². The Labute approximate surface area is 113 Å². The van der Waals surface area contributed by atoms with Crippen LogP contribution in [0, 0.1) is 5.92 Å². The molecule has 1 unspecified atom stereocenters. The average Bonchev–Trinajstić information content (AvgIpc) is 2.46. The zero-order valence-corrected chi connectivity index (χ0v) is 11.6. The Bertz CT molecular complexity index is 401. The highest BCUT2D eigenvalue weighted by Gasteiger charge is 2.15. The maximum atomic E-state index is 5.97. The maximum Gasteiger partial charge on any atom is 0.119 e. The third kappa shape index (κ3) is 2.94. The van der Waals surface area contributed by atoms with Gasteiger partial charge in [0.05, 0.1) is 6.61 Å². The second-order valence-electron chi connectivity index (χ2n) is 5.24. The predicted octanol–water partition coefficient (Wildman–Crippen LogP) is 3.57. The number of aryl methyl sites for hydroxylation is 1. The van der Waals surface area contributed by atoms with E-state index in [0.29, 0.717) is 0 Å². The lowest BCUT2D eigenvalue weighted by atomic mass is 10.0. The van der Waals surface area contributed by atoms with Crippen LogP contribution in [-0.4, -0.2) is 24.7 Å². The summed E-state index contributed by atoms with van der Waals surface area (Å²) in [5.41, 5.74) is 2.71. The van der Waals surface area contributed by atoms with Crippen LogP contribution >= 0.6 is 11.8 Å². The van der Waals surface area contributed by atoms with Gasteiger partial charge in [-0.1, -0.05) is 0 Å². The minimum atomic E-state index is 0.748. The van der Waals surface area contributed by atoms with Crippen LogP contribution in [-0.2, 0) is 6.42 Å². The third-order valence-corrected chi connectivity index (χ3v) is 5.04. The largest absolute Gasteiger partial charge is 0.493 e. The number of hydrogen-bond donors (Lipinski definition) is 1. The molecule has 0 aliphatic carbocycles. The van der Waals surface area contributed by atoms with Gasteiger partial charge in [-0.15, -0.1) is 0 Å². The Morgan fingerprint density at radius 2 is 2.33 bits per heavy atom. The van der Waals surface area contributed by atoms with Crippen LogP contribution in [0.3, 0.4) is 0 Å². The van der Waals surface area contributed by atoms with Crippen LogP contribution in [0.15, 0.2) is 18.2 Å². The van der Waals surface area contributed by atoms with E-state index < -0.39 is 0 Å². The Hall–Kier alpha value is -0.830. The molecule has 0 radical (unpaired) electrons. The fraction of sp³-hybridized carbons (Fsp3) is 0.600. The molecule has 1 saturated heterocycles. The molecule has 2 aliphatic heterocycles. The standard InChI is InChI=1S/C15H21NOS/c1-4-13-9-14(5-6-15(13)16-7-1)17-10-12-3-2-8-18-11-12/h5-6,9,12,16H,1-4,7-8,10-11H2. The van der Waals surface area contributed by atoms with E-state index >= 15 is 0 Å². The molecule has 1 fully saturated rings. The topological polar surface area (TPSA) is 21.3 Å². The van der Waals surface area contributed by atoms with Crippen molar-refractivity contribution in [1.82, 2.24) is 0 Å². The van der Waals surface area contributed by atoms with E-state index in [2.05, 4.69) is 35.3 Å². The molecule has 0 spiro atoms. The van der Waals surface area contributed by atoms with Crippen molar-refractivity contribution in [2.45, 2.75) is 25.7 Å². The van der Waals surface area contributed by atoms with Crippen LogP contribution in [0.2, 0.25) is 0 Å². The van der Waals surface area contributed by atoms with E-state index in [1.54, 1.807) is 0 Å². The zero-order chi connectivity index (χ0) is 12.2. The average molecular weight is 263 g/mol. The molecule has 0 aromatic heterocycles. The van der Waals surface area contributed by atoms with Gasteiger partial charge in [-0.05, 0) is 61.0 Å². The van der Waals surface area contributed by atoms with Crippen molar-refractivity contribution in [3.8, 4) is 5.75 Å². The van der Waals surface area contributed by atoms with Gasteiger partial charge < -0.3 is 10.1 Å². The third-order valence-electron chi connectivity index (χ3n) is 3.76. The molecular formula is C15H21NOS. The quantitative estimate of drug-likeness (QED) is 0.901. The lowest BCUT2D eigenvalue weighted by Gasteiger charge is -2.22. The van der Waals surface area contributed by atoms with Gasteiger partial charge in [0.15, 0.2) is 0 Å². The fourth-order valence-corrected chi connectivity index (χ4v) is 3.83. The van der Waals surface area contributed by atoms with Crippen molar-refractivity contribution in [3.63, 3.8) is 0 Å². The predicted molar refractivity (Wildman–Crippen MR) is 78.8 cm³/mol. The Morgan fingerprint density at radius 3 is 3.22 bits per heavy atom. The summed E-state index contributed by atoms with van der Waals surface area (Å²) < 4.78 is 5.97. The molecule has 1 aromatic carbocycles. The first-order valence-corrected chi connectivity index (χ1v) is 8.14. The van der Waals surface area contributed by atoms with Crippen LogP contribution < -0.4 is 10.1 Å². The summed E-state index contributed by atoms with van der Waals surface area (Å²) in [5, 5.41) is 3.44. The Morgan fingerprint density at radius 1 is 1.33 bits per heavy atom. The molecule has 18 heavy (non-hydrogen) atoms. The Balaban J connectivity index is 1.58. The molecule has 1 N–H and O–H groups in total. The van der Waals surface area contributed by atoms with E-state index in [-0.39, 0.29) is 0 Å². The van der Waals surface area contributed by atoms with Crippen LogP contribution in [0.25, 0.3) is 0 Å². The van der Waals surface area contributed by atoms with E-state index in [9.17, 15) is 0 Å². The van der Waals surface area contributed by atoms with Crippen LogP contribution in [0.5, 0.6) is 5.75 Å². The van der Waals surface area contributed by atoms with Gasteiger partial charge in [0.2, 0.25) is 0 Å². The molecule has 2 aliphatic rings. The monoisotopic (exact) mass is 263 g/mol. The summed E-state index contributed by atoms with van der Waals surface area (Å²) in [6.45, 7) is 1.99. The zero-order valence-electron chi connectivity index (χ0n) is 10.8. The first-order chi connectivity index (χ1) is 8.92. The van der Waals surface area contributed by atoms with E-state index in [1.807, 2.05) is 0 Å².